The van der Waals surface area contributed by atoms with Crippen LogP contribution in [0.1, 0.15) is 29.3 Å². The maximum Gasteiger partial charge on any atom is 0.335 e. The molecule has 1 saturated heterocycles. The molecule has 1 fully saturated rings. The molecular weight excluding hydrogens is 240 g/mol. The van der Waals surface area contributed by atoms with E-state index in [1.165, 1.54) is 0 Å². The highest BCUT2D eigenvalue weighted by Gasteiger charge is 2.23. The van der Waals surface area contributed by atoms with Crippen LogP contribution in [0.2, 0.25) is 0 Å². The van der Waals surface area contributed by atoms with Gasteiger partial charge in [-0.3, -0.25) is 0 Å². The number of carboxylic acids is 1. The van der Waals surface area contributed by atoms with Crippen molar-refractivity contribution < 1.29 is 9.90 Å². The number of nitrogens with one attached hydrogen (secondary N) is 1. The molecule has 1 aliphatic heterocycles. The third-order valence-electron chi connectivity index (χ3n) is 3.85. The molecule has 0 spiro atoms. The molecule has 2 rings (SSSR count). The number of benzene rings is 1. The first-order valence-electron chi connectivity index (χ1n) is 6.80. The number of hydrogen-bond donors (Lipinski definition) is 2. The molecule has 0 aliphatic carbocycles. The number of hydrogen-bond acceptors (Lipinski definition) is 3. The highest BCUT2D eigenvalue weighted by molar-refractivity contribution is 5.87. The molecule has 0 radical (unpaired) electrons. The standard InChI is InChI=1S/C15H22N2O2/c1-11-10-17(2)7-6-14(11)16-9-12-4-3-5-13(8-12)15(18)19/h3-5,8,11,14,16H,6-7,9-10H2,1-2H3,(H,18,19). The lowest BCUT2D eigenvalue weighted by Crippen LogP contribution is -2.46. The predicted octanol–water partition coefficient (Wildman–Crippen LogP) is 1.81. The van der Waals surface area contributed by atoms with Gasteiger partial charge in [0.05, 0.1) is 5.56 Å². The predicted molar refractivity (Wildman–Crippen MR) is 75.3 cm³/mol. The maximum atomic E-state index is 10.9. The highest BCUT2D eigenvalue weighted by atomic mass is 16.4. The van der Waals surface area contributed by atoms with E-state index in [9.17, 15) is 4.79 Å². The molecule has 19 heavy (non-hydrogen) atoms. The Morgan fingerprint density at radius 1 is 1.53 bits per heavy atom. The SMILES string of the molecule is CC1CN(C)CCC1NCc1cccc(C(=O)O)c1. The van der Waals surface area contributed by atoms with Gasteiger partial charge in [0.25, 0.3) is 0 Å². The smallest absolute Gasteiger partial charge is 0.335 e. The van der Waals surface area contributed by atoms with E-state index in [1.54, 1.807) is 18.2 Å². The van der Waals surface area contributed by atoms with E-state index in [1.807, 2.05) is 6.07 Å². The average molecular weight is 262 g/mol. The molecule has 0 amide bonds. The van der Waals surface area contributed by atoms with Crippen molar-refractivity contribution >= 4 is 5.97 Å². The van der Waals surface area contributed by atoms with Crippen LogP contribution < -0.4 is 5.32 Å². The average Bonchev–Trinajstić information content (AvgIpc) is 2.38. The Kier molecular flexibility index (Phi) is 4.56. The molecule has 1 aromatic rings. The van der Waals surface area contributed by atoms with Gasteiger partial charge < -0.3 is 15.3 Å². The minimum absolute atomic E-state index is 0.357. The molecule has 1 aliphatic rings. The van der Waals surface area contributed by atoms with Crippen molar-refractivity contribution in [2.75, 3.05) is 20.1 Å². The largest absolute Gasteiger partial charge is 0.478 e. The molecular formula is C15H22N2O2. The van der Waals surface area contributed by atoms with Crippen molar-refractivity contribution in [3.8, 4) is 0 Å². The van der Waals surface area contributed by atoms with Crippen molar-refractivity contribution in [2.24, 2.45) is 5.92 Å². The number of rotatable bonds is 4. The van der Waals surface area contributed by atoms with Crippen LogP contribution in [0.5, 0.6) is 0 Å². The van der Waals surface area contributed by atoms with Crippen LogP contribution in [-0.2, 0) is 6.54 Å². The lowest BCUT2D eigenvalue weighted by molar-refractivity contribution is 0.0696. The van der Waals surface area contributed by atoms with E-state index in [0.29, 0.717) is 17.5 Å². The summed E-state index contributed by atoms with van der Waals surface area (Å²) in [5.74, 6) is -0.240. The quantitative estimate of drug-likeness (QED) is 0.869. The Morgan fingerprint density at radius 3 is 3.00 bits per heavy atom. The van der Waals surface area contributed by atoms with Gasteiger partial charge in [0.1, 0.15) is 0 Å². The van der Waals surface area contributed by atoms with Crippen LogP contribution in [-0.4, -0.2) is 42.2 Å². The Labute approximate surface area is 114 Å². The molecule has 2 N–H and O–H groups in total. The summed E-state index contributed by atoms with van der Waals surface area (Å²) in [4.78, 5) is 13.3. The topological polar surface area (TPSA) is 52.6 Å². The van der Waals surface area contributed by atoms with Crippen LogP contribution >= 0.6 is 0 Å². The molecule has 0 bridgehead atoms. The van der Waals surface area contributed by atoms with E-state index in [0.717, 1.165) is 31.6 Å². The minimum Gasteiger partial charge on any atom is -0.478 e. The minimum atomic E-state index is -0.866. The van der Waals surface area contributed by atoms with Gasteiger partial charge in [-0.15, -0.1) is 0 Å². The lowest BCUT2D eigenvalue weighted by Gasteiger charge is -2.35. The summed E-state index contributed by atoms with van der Waals surface area (Å²) >= 11 is 0. The molecule has 1 heterocycles. The zero-order chi connectivity index (χ0) is 13.8. The van der Waals surface area contributed by atoms with Crippen LogP contribution in [0.4, 0.5) is 0 Å². The number of piperidine rings is 1. The summed E-state index contributed by atoms with van der Waals surface area (Å²) in [6.07, 6.45) is 1.15. The van der Waals surface area contributed by atoms with E-state index < -0.39 is 5.97 Å². The number of nitrogens with zero attached hydrogens (tertiary/aromatic N) is 1. The van der Waals surface area contributed by atoms with Gasteiger partial charge in [-0.25, -0.2) is 4.79 Å². The number of carboxylic acid groups (broad SMARTS) is 1. The molecule has 0 saturated carbocycles. The Balaban J connectivity index is 1.91. The van der Waals surface area contributed by atoms with Crippen molar-refractivity contribution in [3.05, 3.63) is 35.4 Å². The molecule has 4 nitrogen and oxygen atoms in total. The van der Waals surface area contributed by atoms with E-state index in [-0.39, 0.29) is 0 Å². The maximum absolute atomic E-state index is 10.9. The summed E-state index contributed by atoms with van der Waals surface area (Å²) in [7, 11) is 2.16. The van der Waals surface area contributed by atoms with E-state index in [4.69, 9.17) is 5.11 Å². The fraction of sp³-hybridized carbons (Fsp3) is 0.533. The van der Waals surface area contributed by atoms with Gasteiger partial charge in [-0.2, -0.15) is 0 Å². The van der Waals surface area contributed by atoms with Crippen LogP contribution in [0, 0.1) is 5.92 Å². The van der Waals surface area contributed by atoms with Gasteiger partial charge in [0.15, 0.2) is 0 Å². The Bertz CT molecular complexity index is 448. The van der Waals surface area contributed by atoms with Crippen LogP contribution in [0.25, 0.3) is 0 Å². The van der Waals surface area contributed by atoms with Crippen molar-refractivity contribution in [1.29, 1.82) is 0 Å². The third-order valence-corrected chi connectivity index (χ3v) is 3.85. The molecule has 4 heteroatoms. The summed E-state index contributed by atoms with van der Waals surface area (Å²) in [6, 6.07) is 7.67. The first-order chi connectivity index (χ1) is 9.06. The normalized spacial score (nSPS) is 24.3. The summed E-state index contributed by atoms with van der Waals surface area (Å²) < 4.78 is 0. The van der Waals surface area contributed by atoms with Gasteiger partial charge in [-0.1, -0.05) is 19.1 Å². The van der Waals surface area contributed by atoms with Crippen LogP contribution in [0.15, 0.2) is 24.3 Å². The van der Waals surface area contributed by atoms with Gasteiger partial charge in [-0.05, 0) is 43.6 Å². The molecule has 104 valence electrons. The Morgan fingerprint density at radius 2 is 2.32 bits per heavy atom. The van der Waals surface area contributed by atoms with Crippen molar-refractivity contribution in [2.45, 2.75) is 25.9 Å². The summed E-state index contributed by atoms with van der Waals surface area (Å²) in [6.45, 7) is 5.24. The zero-order valence-corrected chi connectivity index (χ0v) is 11.6. The molecule has 0 aromatic heterocycles. The molecule has 2 atom stereocenters. The van der Waals surface area contributed by atoms with Gasteiger partial charge in [0, 0.05) is 19.1 Å². The summed E-state index contributed by atoms with van der Waals surface area (Å²) in [5, 5.41) is 12.5. The van der Waals surface area contributed by atoms with Crippen molar-refractivity contribution in [1.82, 2.24) is 10.2 Å². The second-order valence-electron chi connectivity index (χ2n) is 5.52. The number of aromatic carboxylic acids is 1. The lowest BCUT2D eigenvalue weighted by atomic mass is 9.94. The second kappa shape index (κ2) is 6.17. The molecule has 2 unspecified atom stereocenters. The van der Waals surface area contributed by atoms with Gasteiger partial charge in [0.2, 0.25) is 0 Å². The van der Waals surface area contributed by atoms with Crippen molar-refractivity contribution in [3.63, 3.8) is 0 Å². The number of likely N-dealkylation sites (tertiary alicyclic amines) is 1. The first-order valence-corrected chi connectivity index (χ1v) is 6.80. The molecule has 1 aromatic carbocycles. The zero-order valence-electron chi connectivity index (χ0n) is 11.6. The Hall–Kier alpha value is -1.39. The van der Waals surface area contributed by atoms with E-state index in [2.05, 4.69) is 24.2 Å². The second-order valence-corrected chi connectivity index (χ2v) is 5.52. The van der Waals surface area contributed by atoms with Crippen LogP contribution in [0.3, 0.4) is 0 Å². The number of carbonyl (C=O) groups is 1. The fourth-order valence-corrected chi connectivity index (χ4v) is 2.72. The van der Waals surface area contributed by atoms with Gasteiger partial charge >= 0.3 is 5.97 Å². The highest BCUT2D eigenvalue weighted by Crippen LogP contribution is 2.16. The fourth-order valence-electron chi connectivity index (χ4n) is 2.72. The summed E-state index contributed by atoms with van der Waals surface area (Å²) in [5.41, 5.74) is 1.39. The van der Waals surface area contributed by atoms with E-state index >= 15 is 0 Å². The third kappa shape index (κ3) is 3.78. The first kappa shape index (κ1) is 14.0. The monoisotopic (exact) mass is 262 g/mol.